The highest BCUT2D eigenvalue weighted by Crippen LogP contribution is 2.21. The molecule has 1 N–H and O–H groups in total. The van der Waals surface area contributed by atoms with E-state index in [2.05, 4.69) is 33.1 Å². The van der Waals surface area contributed by atoms with E-state index in [1.54, 1.807) is 12.1 Å². The van der Waals surface area contributed by atoms with Crippen LogP contribution in [0.2, 0.25) is 0 Å². The lowest BCUT2D eigenvalue weighted by Gasteiger charge is -2.34. The predicted molar refractivity (Wildman–Crippen MR) is 76.1 cm³/mol. The average Bonchev–Trinajstić information content (AvgIpc) is 2.41. The van der Waals surface area contributed by atoms with Crippen LogP contribution in [0.15, 0.2) is 22.7 Å². The Labute approximate surface area is 117 Å². The number of benzene rings is 1. The molecule has 1 saturated heterocycles. The second-order valence-electron chi connectivity index (χ2n) is 4.80. The number of rotatable bonds is 4. The van der Waals surface area contributed by atoms with Crippen LogP contribution < -0.4 is 5.32 Å². The second kappa shape index (κ2) is 6.64. The first-order chi connectivity index (χ1) is 8.70. The number of nitrogens with one attached hydrogen (secondary N) is 1. The monoisotopic (exact) mass is 314 g/mol. The van der Waals surface area contributed by atoms with Gasteiger partial charge < -0.3 is 5.32 Å². The molecule has 1 unspecified atom stereocenters. The van der Waals surface area contributed by atoms with Gasteiger partial charge in [0.15, 0.2) is 0 Å². The summed E-state index contributed by atoms with van der Waals surface area (Å²) in [6.07, 6.45) is 2.46. The summed E-state index contributed by atoms with van der Waals surface area (Å²) in [4.78, 5) is 2.42. The van der Waals surface area contributed by atoms with Crippen molar-refractivity contribution in [2.45, 2.75) is 32.4 Å². The number of hydrogen-bond donors (Lipinski definition) is 1. The van der Waals surface area contributed by atoms with Crippen molar-refractivity contribution in [3.05, 3.63) is 34.1 Å². The van der Waals surface area contributed by atoms with Crippen molar-refractivity contribution in [2.75, 3.05) is 19.6 Å². The van der Waals surface area contributed by atoms with Gasteiger partial charge in [0.2, 0.25) is 0 Å². The first kappa shape index (κ1) is 14.0. The summed E-state index contributed by atoms with van der Waals surface area (Å²) in [5.41, 5.74) is 1.03. The molecule has 1 heterocycles. The molecule has 1 atom stereocenters. The van der Waals surface area contributed by atoms with Gasteiger partial charge >= 0.3 is 0 Å². The van der Waals surface area contributed by atoms with E-state index in [1.807, 2.05) is 0 Å². The first-order valence-corrected chi connectivity index (χ1v) is 7.38. The molecular formula is C14H20BrFN2. The molecule has 0 spiro atoms. The van der Waals surface area contributed by atoms with Crippen molar-refractivity contribution in [1.82, 2.24) is 10.2 Å². The fraction of sp³-hybridized carbons (Fsp3) is 0.571. The summed E-state index contributed by atoms with van der Waals surface area (Å²) < 4.78 is 14.3. The highest BCUT2D eigenvalue weighted by atomic mass is 79.9. The van der Waals surface area contributed by atoms with Crippen molar-refractivity contribution >= 4 is 15.9 Å². The number of piperidine rings is 1. The van der Waals surface area contributed by atoms with Gasteiger partial charge in [-0.25, -0.2) is 4.39 Å². The Balaban J connectivity index is 2.06. The molecular weight excluding hydrogens is 295 g/mol. The maximum Gasteiger partial charge on any atom is 0.123 e. The van der Waals surface area contributed by atoms with Gasteiger partial charge in [0.05, 0.1) is 0 Å². The molecule has 4 heteroatoms. The van der Waals surface area contributed by atoms with Crippen molar-refractivity contribution in [2.24, 2.45) is 0 Å². The molecule has 0 amide bonds. The third-order valence-corrected chi connectivity index (χ3v) is 4.35. The van der Waals surface area contributed by atoms with Crippen LogP contribution >= 0.6 is 15.9 Å². The Kier molecular flexibility index (Phi) is 5.15. The lowest BCUT2D eigenvalue weighted by Crippen LogP contribution is -2.45. The summed E-state index contributed by atoms with van der Waals surface area (Å²) in [6, 6.07) is 5.48. The Morgan fingerprint density at radius 2 is 2.33 bits per heavy atom. The van der Waals surface area contributed by atoms with E-state index in [0.29, 0.717) is 6.04 Å². The van der Waals surface area contributed by atoms with Crippen LogP contribution in [0.1, 0.15) is 25.3 Å². The summed E-state index contributed by atoms with van der Waals surface area (Å²) in [5, 5.41) is 3.43. The van der Waals surface area contributed by atoms with Gasteiger partial charge in [0.25, 0.3) is 0 Å². The number of nitrogens with zero attached hydrogens (tertiary/aromatic N) is 1. The van der Waals surface area contributed by atoms with Crippen molar-refractivity contribution in [3.8, 4) is 0 Å². The van der Waals surface area contributed by atoms with Crippen LogP contribution in [0.3, 0.4) is 0 Å². The predicted octanol–water partition coefficient (Wildman–Crippen LogP) is 3.16. The maximum atomic E-state index is 13.3. The van der Waals surface area contributed by atoms with Crippen LogP contribution in [-0.4, -0.2) is 30.6 Å². The largest absolute Gasteiger partial charge is 0.315 e. The van der Waals surface area contributed by atoms with Crippen LogP contribution in [-0.2, 0) is 6.54 Å². The quantitative estimate of drug-likeness (QED) is 0.918. The van der Waals surface area contributed by atoms with Crippen molar-refractivity contribution in [1.29, 1.82) is 0 Å². The summed E-state index contributed by atoms with van der Waals surface area (Å²) >= 11 is 3.50. The highest BCUT2D eigenvalue weighted by Gasteiger charge is 2.20. The van der Waals surface area contributed by atoms with Crippen molar-refractivity contribution < 1.29 is 4.39 Å². The van der Waals surface area contributed by atoms with Gasteiger partial charge in [-0.15, -0.1) is 0 Å². The smallest absolute Gasteiger partial charge is 0.123 e. The normalized spacial score (nSPS) is 20.3. The molecule has 0 bridgehead atoms. The van der Waals surface area contributed by atoms with Gasteiger partial charge in [-0.05, 0) is 49.7 Å². The summed E-state index contributed by atoms with van der Waals surface area (Å²) in [5.74, 6) is -0.161. The van der Waals surface area contributed by atoms with E-state index >= 15 is 0 Å². The molecule has 18 heavy (non-hydrogen) atoms. The van der Waals surface area contributed by atoms with E-state index in [4.69, 9.17) is 0 Å². The minimum Gasteiger partial charge on any atom is -0.315 e. The fourth-order valence-corrected chi connectivity index (χ4v) is 2.90. The Hall–Kier alpha value is -0.450. The van der Waals surface area contributed by atoms with Gasteiger partial charge in [-0.1, -0.05) is 22.9 Å². The highest BCUT2D eigenvalue weighted by molar-refractivity contribution is 9.10. The molecule has 2 rings (SSSR count). The zero-order chi connectivity index (χ0) is 13.0. The maximum absolute atomic E-state index is 13.3. The Morgan fingerprint density at radius 1 is 1.50 bits per heavy atom. The molecule has 0 aromatic heterocycles. The molecule has 1 aromatic rings. The van der Waals surface area contributed by atoms with E-state index in [-0.39, 0.29) is 5.82 Å². The molecule has 0 radical (unpaired) electrons. The van der Waals surface area contributed by atoms with Gasteiger partial charge in [0.1, 0.15) is 5.82 Å². The lowest BCUT2D eigenvalue weighted by atomic mass is 10.0. The number of hydrogen-bond acceptors (Lipinski definition) is 2. The molecule has 100 valence electrons. The third kappa shape index (κ3) is 3.53. The van der Waals surface area contributed by atoms with Gasteiger partial charge in [-0.2, -0.15) is 0 Å². The number of likely N-dealkylation sites (N-methyl/N-ethyl adjacent to an activating group) is 1. The first-order valence-electron chi connectivity index (χ1n) is 6.59. The van der Waals surface area contributed by atoms with Crippen LogP contribution in [0.25, 0.3) is 0 Å². The van der Waals surface area contributed by atoms with E-state index < -0.39 is 0 Å². The summed E-state index contributed by atoms with van der Waals surface area (Å²) in [6.45, 7) is 6.14. The zero-order valence-electron chi connectivity index (χ0n) is 10.8. The van der Waals surface area contributed by atoms with E-state index in [9.17, 15) is 4.39 Å². The zero-order valence-corrected chi connectivity index (χ0v) is 12.3. The topological polar surface area (TPSA) is 15.3 Å². The summed E-state index contributed by atoms with van der Waals surface area (Å²) in [7, 11) is 0. The standard InChI is InChI=1S/C14H20BrFN2/c1-2-18(13-4-3-7-17-9-13)10-11-8-12(16)5-6-14(11)15/h5-6,8,13,17H,2-4,7,9-10H2,1H3. The Morgan fingerprint density at radius 3 is 3.00 bits per heavy atom. The van der Waals surface area contributed by atoms with Crippen LogP contribution in [0.4, 0.5) is 4.39 Å². The number of halogens is 2. The van der Waals surface area contributed by atoms with Crippen LogP contribution in [0, 0.1) is 5.82 Å². The minimum atomic E-state index is -0.161. The van der Waals surface area contributed by atoms with E-state index in [0.717, 1.165) is 36.2 Å². The molecule has 1 aliphatic rings. The van der Waals surface area contributed by atoms with Gasteiger partial charge in [-0.3, -0.25) is 4.90 Å². The molecule has 1 aliphatic heterocycles. The molecule has 1 aromatic carbocycles. The fourth-order valence-electron chi connectivity index (χ4n) is 2.53. The molecule has 0 saturated carbocycles. The van der Waals surface area contributed by atoms with Crippen LogP contribution in [0.5, 0.6) is 0 Å². The SMILES string of the molecule is CCN(Cc1cc(F)ccc1Br)C1CCCNC1. The lowest BCUT2D eigenvalue weighted by molar-refractivity contribution is 0.165. The second-order valence-corrected chi connectivity index (χ2v) is 5.65. The average molecular weight is 315 g/mol. The minimum absolute atomic E-state index is 0.161. The molecule has 0 aliphatic carbocycles. The van der Waals surface area contributed by atoms with Gasteiger partial charge in [0, 0.05) is 23.6 Å². The van der Waals surface area contributed by atoms with E-state index in [1.165, 1.54) is 18.9 Å². The van der Waals surface area contributed by atoms with Crippen molar-refractivity contribution in [3.63, 3.8) is 0 Å². The molecule has 1 fully saturated rings. The Bertz CT molecular complexity index is 391. The molecule has 2 nitrogen and oxygen atoms in total. The third-order valence-electron chi connectivity index (χ3n) is 3.57.